The quantitative estimate of drug-likeness (QED) is 0.829. The highest BCUT2D eigenvalue weighted by Gasteiger charge is 2.09. The largest absolute Gasteiger partial charge is 0.306 e. The number of aromatic nitrogens is 2. The van der Waals surface area contributed by atoms with Crippen molar-refractivity contribution in [3.8, 4) is 0 Å². The predicted octanol–water partition coefficient (Wildman–Crippen LogP) is 2.96. The van der Waals surface area contributed by atoms with Gasteiger partial charge in [0.25, 0.3) is 0 Å². The third-order valence-corrected chi connectivity index (χ3v) is 3.64. The maximum absolute atomic E-state index is 4.49. The topological polar surface area (TPSA) is 29.9 Å². The van der Waals surface area contributed by atoms with E-state index in [2.05, 4.69) is 35.7 Å². The average molecular weight is 247 g/mol. The molecule has 0 spiro atoms. The van der Waals surface area contributed by atoms with Crippen molar-refractivity contribution in [2.45, 2.75) is 58.0 Å². The first-order valence-electron chi connectivity index (χ1n) is 7.21. The molecule has 1 atom stereocenters. The monoisotopic (exact) mass is 247 g/mol. The van der Waals surface area contributed by atoms with E-state index in [1.165, 1.54) is 43.4 Å². The van der Waals surface area contributed by atoms with Gasteiger partial charge >= 0.3 is 0 Å². The fourth-order valence-electron chi connectivity index (χ4n) is 2.60. The molecule has 18 heavy (non-hydrogen) atoms. The van der Waals surface area contributed by atoms with Crippen molar-refractivity contribution in [2.24, 2.45) is 7.05 Å². The summed E-state index contributed by atoms with van der Waals surface area (Å²) in [5.41, 5.74) is 2.57. The van der Waals surface area contributed by atoms with Gasteiger partial charge in [-0.2, -0.15) is 5.10 Å². The van der Waals surface area contributed by atoms with Gasteiger partial charge in [-0.1, -0.05) is 31.9 Å². The highest BCUT2D eigenvalue weighted by molar-refractivity contribution is 5.17. The first kappa shape index (κ1) is 13.3. The van der Waals surface area contributed by atoms with Crippen molar-refractivity contribution < 1.29 is 0 Å². The molecular formula is C15H25N3. The molecule has 0 saturated carbocycles. The van der Waals surface area contributed by atoms with Crippen LogP contribution in [0.1, 0.15) is 50.3 Å². The van der Waals surface area contributed by atoms with E-state index in [9.17, 15) is 0 Å². The van der Waals surface area contributed by atoms with E-state index in [-0.39, 0.29) is 0 Å². The van der Waals surface area contributed by atoms with Gasteiger partial charge in [0.2, 0.25) is 0 Å². The summed E-state index contributed by atoms with van der Waals surface area (Å²) < 4.78 is 1.92. The lowest BCUT2D eigenvalue weighted by atomic mass is 10.0. The molecule has 1 aliphatic rings. The van der Waals surface area contributed by atoms with Crippen LogP contribution in [0.4, 0.5) is 0 Å². The standard InChI is InChI=1S/C15H25N3/c1-3-15-13(12-18(2)17-15)11-16-14-9-7-5-4-6-8-10-14/h7,9,12,14,16H,3-6,8,10-11H2,1-2H3/b9-7+. The van der Waals surface area contributed by atoms with Gasteiger partial charge < -0.3 is 5.32 Å². The fraction of sp³-hybridized carbons (Fsp3) is 0.667. The van der Waals surface area contributed by atoms with Gasteiger partial charge in [0.1, 0.15) is 0 Å². The van der Waals surface area contributed by atoms with E-state index in [0.717, 1.165) is 13.0 Å². The van der Waals surface area contributed by atoms with Crippen LogP contribution in [0.25, 0.3) is 0 Å². The Kier molecular flexibility index (Phi) is 5.00. The van der Waals surface area contributed by atoms with Crippen molar-refractivity contribution in [3.05, 3.63) is 29.6 Å². The first-order valence-corrected chi connectivity index (χ1v) is 7.21. The van der Waals surface area contributed by atoms with E-state index in [4.69, 9.17) is 0 Å². The number of hydrogen-bond acceptors (Lipinski definition) is 2. The van der Waals surface area contributed by atoms with Gasteiger partial charge in [-0.3, -0.25) is 4.68 Å². The van der Waals surface area contributed by atoms with Crippen molar-refractivity contribution in [1.82, 2.24) is 15.1 Å². The van der Waals surface area contributed by atoms with Crippen LogP contribution in [0.2, 0.25) is 0 Å². The molecule has 3 heteroatoms. The van der Waals surface area contributed by atoms with Crippen LogP contribution in [-0.4, -0.2) is 15.8 Å². The number of allylic oxidation sites excluding steroid dienone is 1. The Morgan fingerprint density at radius 2 is 2.28 bits per heavy atom. The molecule has 3 nitrogen and oxygen atoms in total. The van der Waals surface area contributed by atoms with Crippen molar-refractivity contribution >= 4 is 0 Å². The van der Waals surface area contributed by atoms with Crippen molar-refractivity contribution in [1.29, 1.82) is 0 Å². The number of nitrogens with zero attached hydrogens (tertiary/aromatic N) is 2. The summed E-state index contributed by atoms with van der Waals surface area (Å²) in [6.07, 6.45) is 14.4. The molecule has 0 aliphatic heterocycles. The molecule has 0 bridgehead atoms. The maximum atomic E-state index is 4.49. The predicted molar refractivity (Wildman–Crippen MR) is 75.4 cm³/mol. The molecule has 0 aromatic carbocycles. The van der Waals surface area contributed by atoms with E-state index >= 15 is 0 Å². The summed E-state index contributed by atoms with van der Waals surface area (Å²) in [5.74, 6) is 0. The zero-order valence-electron chi connectivity index (χ0n) is 11.7. The zero-order valence-corrected chi connectivity index (χ0v) is 11.7. The zero-order chi connectivity index (χ0) is 12.8. The molecule has 1 aromatic rings. The van der Waals surface area contributed by atoms with E-state index in [1.807, 2.05) is 11.7 Å². The van der Waals surface area contributed by atoms with Crippen LogP contribution in [0.15, 0.2) is 18.3 Å². The van der Waals surface area contributed by atoms with Gasteiger partial charge in [0.15, 0.2) is 0 Å². The van der Waals surface area contributed by atoms with Gasteiger partial charge in [0, 0.05) is 31.4 Å². The van der Waals surface area contributed by atoms with Crippen molar-refractivity contribution in [3.63, 3.8) is 0 Å². The van der Waals surface area contributed by atoms with Crippen LogP contribution in [0, 0.1) is 0 Å². The summed E-state index contributed by atoms with van der Waals surface area (Å²) in [6, 6.07) is 0.537. The lowest BCUT2D eigenvalue weighted by Gasteiger charge is -2.16. The Bertz CT molecular complexity index is 392. The van der Waals surface area contributed by atoms with Crippen LogP contribution in [0.5, 0.6) is 0 Å². The third kappa shape index (κ3) is 3.70. The highest BCUT2D eigenvalue weighted by Crippen LogP contribution is 2.13. The SMILES string of the molecule is CCc1nn(C)cc1CNC1/C=C/CCCCC1. The van der Waals surface area contributed by atoms with E-state index < -0.39 is 0 Å². The van der Waals surface area contributed by atoms with Crippen LogP contribution < -0.4 is 5.32 Å². The molecule has 1 unspecified atom stereocenters. The second kappa shape index (κ2) is 6.74. The summed E-state index contributed by atoms with van der Waals surface area (Å²) in [6.45, 7) is 3.10. The van der Waals surface area contributed by atoms with Crippen LogP contribution in [-0.2, 0) is 20.0 Å². The molecule has 0 radical (unpaired) electrons. The first-order chi connectivity index (χ1) is 8.79. The molecule has 0 saturated heterocycles. The van der Waals surface area contributed by atoms with Gasteiger partial charge in [0.05, 0.1) is 5.69 Å². The molecule has 100 valence electrons. The summed E-state index contributed by atoms with van der Waals surface area (Å²) >= 11 is 0. The molecule has 1 heterocycles. The molecular weight excluding hydrogens is 222 g/mol. The normalized spacial score (nSPS) is 22.4. The van der Waals surface area contributed by atoms with Crippen molar-refractivity contribution in [2.75, 3.05) is 0 Å². The Hall–Kier alpha value is -1.09. The summed E-state index contributed by atoms with van der Waals surface area (Å²) in [7, 11) is 2.00. The number of nitrogens with one attached hydrogen (secondary N) is 1. The summed E-state index contributed by atoms with van der Waals surface area (Å²) in [4.78, 5) is 0. The van der Waals surface area contributed by atoms with Gasteiger partial charge in [-0.15, -0.1) is 0 Å². The average Bonchev–Trinajstić information content (AvgIpc) is 2.68. The second-order valence-electron chi connectivity index (χ2n) is 5.18. The van der Waals surface area contributed by atoms with Crippen LogP contribution in [0.3, 0.4) is 0 Å². The highest BCUT2D eigenvalue weighted by atomic mass is 15.3. The second-order valence-corrected chi connectivity index (χ2v) is 5.18. The van der Waals surface area contributed by atoms with E-state index in [1.54, 1.807) is 0 Å². The smallest absolute Gasteiger partial charge is 0.0666 e. The van der Waals surface area contributed by atoms with Gasteiger partial charge in [-0.25, -0.2) is 0 Å². The maximum Gasteiger partial charge on any atom is 0.0666 e. The summed E-state index contributed by atoms with van der Waals surface area (Å²) in [5, 5.41) is 8.14. The minimum absolute atomic E-state index is 0.537. The lowest BCUT2D eigenvalue weighted by molar-refractivity contribution is 0.507. The number of aryl methyl sites for hydroxylation is 2. The Labute approximate surface area is 110 Å². The molecule has 2 rings (SSSR count). The molecule has 0 fully saturated rings. The lowest BCUT2D eigenvalue weighted by Crippen LogP contribution is -2.27. The van der Waals surface area contributed by atoms with Crippen LogP contribution >= 0.6 is 0 Å². The van der Waals surface area contributed by atoms with E-state index in [0.29, 0.717) is 6.04 Å². The minimum Gasteiger partial charge on any atom is -0.306 e. The Balaban J connectivity index is 1.91. The molecule has 1 aliphatic carbocycles. The number of rotatable bonds is 4. The molecule has 1 aromatic heterocycles. The number of hydrogen-bond donors (Lipinski definition) is 1. The molecule has 0 amide bonds. The fourth-order valence-corrected chi connectivity index (χ4v) is 2.60. The minimum atomic E-state index is 0.537. The Morgan fingerprint density at radius 3 is 3.11 bits per heavy atom. The third-order valence-electron chi connectivity index (χ3n) is 3.64. The Morgan fingerprint density at radius 1 is 1.39 bits per heavy atom. The van der Waals surface area contributed by atoms with Gasteiger partial charge in [-0.05, 0) is 25.7 Å². The molecule has 1 N–H and O–H groups in total.